The highest BCUT2D eigenvalue weighted by atomic mass is 16.5. The Hall–Kier alpha value is -2.61. The molecule has 1 aromatic carbocycles. The van der Waals surface area contributed by atoms with Crippen molar-refractivity contribution in [3.63, 3.8) is 0 Å². The van der Waals surface area contributed by atoms with Crippen LogP contribution in [0.5, 0.6) is 5.75 Å². The maximum Gasteiger partial charge on any atom is 0.254 e. The number of benzene rings is 1. The maximum absolute atomic E-state index is 13.8. The Morgan fingerprint density at radius 3 is 2.57 bits per heavy atom. The number of nitrogens with zero attached hydrogens (tertiary/aromatic N) is 3. The van der Waals surface area contributed by atoms with Gasteiger partial charge in [-0.1, -0.05) is 26.8 Å². The number of carbonyl (C=O) groups excluding carboxylic acids is 3. The third-order valence-corrected chi connectivity index (χ3v) is 7.10. The van der Waals surface area contributed by atoms with Crippen LogP contribution < -0.4 is 10.1 Å². The molecule has 2 atom stereocenters. The van der Waals surface area contributed by atoms with Gasteiger partial charge in [0.15, 0.2) is 0 Å². The second kappa shape index (κ2) is 10.6. The molecule has 0 aromatic heterocycles. The molecule has 2 heterocycles. The Balaban J connectivity index is 1.61. The number of likely N-dealkylation sites (tertiary alicyclic amines) is 1. The third kappa shape index (κ3) is 6.15. The van der Waals surface area contributed by atoms with Crippen molar-refractivity contribution in [2.24, 2.45) is 5.41 Å². The minimum absolute atomic E-state index is 0.00790. The highest BCUT2D eigenvalue weighted by Crippen LogP contribution is 2.36. The summed E-state index contributed by atoms with van der Waals surface area (Å²) >= 11 is 0. The van der Waals surface area contributed by atoms with Crippen LogP contribution in [0, 0.1) is 5.41 Å². The van der Waals surface area contributed by atoms with Gasteiger partial charge in [-0.05, 0) is 55.8 Å². The largest absolute Gasteiger partial charge is 0.497 e. The van der Waals surface area contributed by atoms with Gasteiger partial charge in [-0.2, -0.15) is 0 Å². The second-order valence-corrected chi connectivity index (χ2v) is 11.3. The summed E-state index contributed by atoms with van der Waals surface area (Å²) < 4.78 is 5.32. The van der Waals surface area contributed by atoms with Crippen LogP contribution in [-0.4, -0.2) is 90.4 Å². The van der Waals surface area contributed by atoms with E-state index in [0.29, 0.717) is 43.8 Å². The van der Waals surface area contributed by atoms with Crippen LogP contribution in [-0.2, 0) is 9.59 Å². The van der Waals surface area contributed by atoms with Gasteiger partial charge in [0.25, 0.3) is 5.91 Å². The zero-order valence-corrected chi connectivity index (χ0v) is 21.6. The molecule has 1 saturated carbocycles. The molecular formula is C27H40N4O4. The molecule has 0 bridgehead atoms. The van der Waals surface area contributed by atoms with Crippen molar-refractivity contribution in [1.82, 2.24) is 20.0 Å². The summed E-state index contributed by atoms with van der Waals surface area (Å²) in [5, 5.41) is 3.34. The Labute approximate surface area is 209 Å². The molecule has 4 rings (SSSR count). The van der Waals surface area contributed by atoms with Crippen LogP contribution in [0.3, 0.4) is 0 Å². The van der Waals surface area contributed by atoms with Crippen LogP contribution in [0.25, 0.3) is 0 Å². The molecule has 3 amide bonds. The third-order valence-electron chi connectivity index (χ3n) is 7.10. The molecule has 3 fully saturated rings. The Morgan fingerprint density at radius 1 is 1.11 bits per heavy atom. The van der Waals surface area contributed by atoms with Gasteiger partial charge >= 0.3 is 0 Å². The number of hydrogen-bond acceptors (Lipinski definition) is 5. The fourth-order valence-electron chi connectivity index (χ4n) is 5.28. The molecular weight excluding hydrogens is 444 g/mol. The molecule has 3 aliphatic rings. The van der Waals surface area contributed by atoms with E-state index in [9.17, 15) is 14.4 Å². The van der Waals surface area contributed by atoms with E-state index in [-0.39, 0.29) is 35.2 Å². The monoisotopic (exact) mass is 484 g/mol. The van der Waals surface area contributed by atoms with Gasteiger partial charge in [0.2, 0.25) is 11.8 Å². The molecule has 1 aliphatic carbocycles. The molecule has 0 spiro atoms. The Kier molecular flexibility index (Phi) is 7.69. The average molecular weight is 485 g/mol. The highest BCUT2D eigenvalue weighted by molar-refractivity contribution is 5.98. The fourth-order valence-corrected chi connectivity index (χ4v) is 5.28. The van der Waals surface area contributed by atoms with Crippen molar-refractivity contribution < 1.29 is 19.1 Å². The fraction of sp³-hybridized carbons (Fsp3) is 0.667. The first-order valence-electron chi connectivity index (χ1n) is 12.9. The van der Waals surface area contributed by atoms with Gasteiger partial charge in [0.05, 0.1) is 13.2 Å². The topological polar surface area (TPSA) is 82.2 Å². The first kappa shape index (κ1) is 25.5. The van der Waals surface area contributed by atoms with E-state index in [2.05, 4.69) is 26.1 Å². The van der Waals surface area contributed by atoms with Crippen molar-refractivity contribution in [3.8, 4) is 5.75 Å². The zero-order valence-electron chi connectivity index (χ0n) is 21.6. The normalized spacial score (nSPS) is 23.1. The SMILES string of the molecule is COc1cccc(C(=O)N2CC(N(C(=O)CC(C)(C)C)C3CC3)CC2C(=O)N2CCCNCC2)c1. The molecule has 2 aliphatic heterocycles. The van der Waals surface area contributed by atoms with Gasteiger partial charge in [0, 0.05) is 44.2 Å². The number of methoxy groups -OCH3 is 1. The molecule has 2 unspecified atom stereocenters. The minimum atomic E-state index is -0.569. The van der Waals surface area contributed by atoms with Gasteiger partial charge < -0.3 is 24.8 Å². The van der Waals surface area contributed by atoms with Crippen molar-refractivity contribution in [3.05, 3.63) is 29.8 Å². The quantitative estimate of drug-likeness (QED) is 0.671. The lowest BCUT2D eigenvalue weighted by atomic mass is 9.91. The smallest absolute Gasteiger partial charge is 0.254 e. The molecule has 2 saturated heterocycles. The van der Waals surface area contributed by atoms with Crippen molar-refractivity contribution in [2.75, 3.05) is 39.8 Å². The summed E-state index contributed by atoms with van der Waals surface area (Å²) in [5.41, 5.74) is 0.382. The highest BCUT2D eigenvalue weighted by Gasteiger charge is 2.48. The maximum atomic E-state index is 13.8. The van der Waals surface area contributed by atoms with Gasteiger partial charge in [-0.3, -0.25) is 14.4 Å². The molecule has 192 valence electrons. The van der Waals surface area contributed by atoms with Crippen molar-refractivity contribution >= 4 is 17.7 Å². The summed E-state index contributed by atoms with van der Waals surface area (Å²) in [6.45, 7) is 9.56. The predicted molar refractivity (Wildman–Crippen MR) is 134 cm³/mol. The summed E-state index contributed by atoms with van der Waals surface area (Å²) in [6.07, 6.45) is 3.83. The number of nitrogens with one attached hydrogen (secondary N) is 1. The van der Waals surface area contributed by atoms with E-state index in [1.807, 2.05) is 9.80 Å². The summed E-state index contributed by atoms with van der Waals surface area (Å²) in [5.74, 6) is 0.544. The lowest BCUT2D eigenvalue weighted by Crippen LogP contribution is -2.48. The molecule has 0 radical (unpaired) electrons. The van der Waals surface area contributed by atoms with Gasteiger partial charge in [0.1, 0.15) is 11.8 Å². The summed E-state index contributed by atoms with van der Waals surface area (Å²) in [4.78, 5) is 46.5. The number of carbonyl (C=O) groups is 3. The van der Waals surface area contributed by atoms with Crippen LogP contribution >= 0.6 is 0 Å². The second-order valence-electron chi connectivity index (χ2n) is 11.3. The Morgan fingerprint density at radius 2 is 1.89 bits per heavy atom. The van der Waals surface area contributed by atoms with Crippen LogP contribution in [0.1, 0.15) is 63.2 Å². The number of hydrogen-bond donors (Lipinski definition) is 1. The van der Waals surface area contributed by atoms with E-state index in [1.165, 1.54) is 0 Å². The van der Waals surface area contributed by atoms with Gasteiger partial charge in [-0.15, -0.1) is 0 Å². The number of amides is 3. The van der Waals surface area contributed by atoms with Crippen molar-refractivity contribution in [1.29, 1.82) is 0 Å². The molecule has 8 heteroatoms. The van der Waals surface area contributed by atoms with E-state index < -0.39 is 6.04 Å². The molecule has 8 nitrogen and oxygen atoms in total. The molecule has 1 aromatic rings. The van der Waals surface area contributed by atoms with E-state index in [1.54, 1.807) is 36.3 Å². The first-order valence-corrected chi connectivity index (χ1v) is 12.9. The van der Waals surface area contributed by atoms with Crippen LogP contribution in [0.4, 0.5) is 0 Å². The van der Waals surface area contributed by atoms with Gasteiger partial charge in [-0.25, -0.2) is 0 Å². The Bertz CT molecular complexity index is 931. The average Bonchev–Trinajstić information content (AvgIpc) is 3.60. The molecule has 1 N–H and O–H groups in total. The minimum Gasteiger partial charge on any atom is -0.497 e. The lowest BCUT2D eigenvalue weighted by molar-refractivity contribution is -0.137. The zero-order chi connectivity index (χ0) is 25.2. The summed E-state index contributed by atoms with van der Waals surface area (Å²) in [7, 11) is 1.57. The summed E-state index contributed by atoms with van der Waals surface area (Å²) in [6, 6.07) is 6.58. The number of rotatable bonds is 6. The van der Waals surface area contributed by atoms with E-state index in [0.717, 1.165) is 32.4 Å². The number of ether oxygens (including phenoxy) is 1. The van der Waals surface area contributed by atoms with E-state index >= 15 is 0 Å². The lowest BCUT2D eigenvalue weighted by Gasteiger charge is -2.31. The standard InChI is InChI=1S/C27H40N4O4/c1-27(2,3)17-24(32)31(20-9-10-20)21-16-23(26(34)29-13-6-11-28-12-14-29)30(18-21)25(33)19-7-5-8-22(15-19)35-4/h5,7-8,15,20-21,23,28H,6,9-14,16-18H2,1-4H3. The van der Waals surface area contributed by atoms with E-state index in [4.69, 9.17) is 4.74 Å². The predicted octanol–water partition coefficient (Wildman–Crippen LogP) is 2.53. The first-order chi connectivity index (χ1) is 16.7. The van der Waals surface area contributed by atoms with Crippen LogP contribution in [0.2, 0.25) is 0 Å². The van der Waals surface area contributed by atoms with Crippen LogP contribution in [0.15, 0.2) is 24.3 Å². The van der Waals surface area contributed by atoms with Crippen molar-refractivity contribution in [2.45, 2.75) is 71.0 Å². The molecule has 35 heavy (non-hydrogen) atoms.